The van der Waals surface area contributed by atoms with Crippen molar-refractivity contribution in [2.24, 2.45) is 17.6 Å². The third-order valence-electron chi connectivity index (χ3n) is 4.59. The van der Waals surface area contributed by atoms with E-state index in [2.05, 4.69) is 10.6 Å². The highest BCUT2D eigenvalue weighted by Gasteiger charge is 2.25. The fourth-order valence-electron chi connectivity index (χ4n) is 2.84. The first-order valence-corrected chi connectivity index (χ1v) is 9.03. The lowest BCUT2D eigenvalue weighted by Crippen LogP contribution is -2.47. The Kier molecular flexibility index (Phi) is 8.31. The number of hydrogen-bond acceptors (Lipinski definition) is 4. The summed E-state index contributed by atoms with van der Waals surface area (Å²) >= 11 is 0. The molecule has 2 amide bonds. The second-order valence-corrected chi connectivity index (χ2v) is 7.36. The average molecular weight is 396 g/mol. The summed E-state index contributed by atoms with van der Waals surface area (Å²) < 4.78 is 6.00. The zero-order valence-electron chi connectivity index (χ0n) is 16.5. The van der Waals surface area contributed by atoms with Crippen LogP contribution in [0.2, 0.25) is 0 Å². The number of carbonyl (C=O) groups is 2. The van der Waals surface area contributed by atoms with E-state index in [1.165, 1.54) is 0 Å². The zero-order chi connectivity index (χ0) is 19.4. The van der Waals surface area contributed by atoms with Gasteiger partial charge in [0.25, 0.3) is 0 Å². The molecule has 27 heavy (non-hydrogen) atoms. The predicted octanol–water partition coefficient (Wildman–Crippen LogP) is 3.08. The van der Waals surface area contributed by atoms with Crippen molar-refractivity contribution in [2.45, 2.75) is 46.7 Å². The van der Waals surface area contributed by atoms with Crippen molar-refractivity contribution in [3.05, 3.63) is 35.6 Å². The largest absolute Gasteiger partial charge is 0.459 e. The van der Waals surface area contributed by atoms with Crippen LogP contribution in [0, 0.1) is 18.8 Å². The van der Waals surface area contributed by atoms with Gasteiger partial charge in [-0.1, -0.05) is 45.9 Å². The van der Waals surface area contributed by atoms with Gasteiger partial charge in [0.15, 0.2) is 0 Å². The Labute approximate surface area is 166 Å². The Morgan fingerprint density at radius 1 is 1.11 bits per heavy atom. The summed E-state index contributed by atoms with van der Waals surface area (Å²) in [5, 5.41) is 6.60. The van der Waals surface area contributed by atoms with Crippen molar-refractivity contribution in [1.29, 1.82) is 0 Å². The molecule has 0 bridgehead atoms. The third kappa shape index (κ3) is 5.47. The minimum atomic E-state index is -0.624. The second kappa shape index (κ2) is 9.76. The van der Waals surface area contributed by atoms with E-state index in [0.717, 1.165) is 22.3 Å². The Hall–Kier alpha value is -2.05. The van der Waals surface area contributed by atoms with E-state index in [1.54, 1.807) is 0 Å². The van der Waals surface area contributed by atoms with Gasteiger partial charge in [0.2, 0.25) is 11.8 Å². The smallest absolute Gasteiger partial charge is 0.239 e. The molecule has 0 fully saturated rings. The Morgan fingerprint density at radius 2 is 1.74 bits per heavy atom. The maximum Gasteiger partial charge on any atom is 0.239 e. The molecule has 1 unspecified atom stereocenters. The predicted molar refractivity (Wildman–Crippen MR) is 110 cm³/mol. The monoisotopic (exact) mass is 395 g/mol. The highest BCUT2D eigenvalue weighted by Crippen LogP contribution is 2.32. The van der Waals surface area contributed by atoms with Crippen LogP contribution in [0.4, 0.5) is 0 Å². The Balaban J connectivity index is 0.00000364. The average Bonchev–Trinajstić information content (AvgIpc) is 2.93. The number of aryl methyl sites for hydroxylation is 1. The number of halogens is 1. The van der Waals surface area contributed by atoms with E-state index in [9.17, 15) is 9.59 Å². The number of rotatable bonds is 7. The van der Waals surface area contributed by atoms with Crippen LogP contribution in [0.3, 0.4) is 0 Å². The Bertz CT molecular complexity index is 786. The number of benzene rings is 1. The van der Waals surface area contributed by atoms with Gasteiger partial charge >= 0.3 is 0 Å². The van der Waals surface area contributed by atoms with Crippen LogP contribution in [0.25, 0.3) is 11.0 Å². The minimum absolute atomic E-state index is 0. The van der Waals surface area contributed by atoms with Crippen LogP contribution < -0.4 is 16.4 Å². The first-order valence-electron chi connectivity index (χ1n) is 9.03. The van der Waals surface area contributed by atoms with Gasteiger partial charge in [0, 0.05) is 10.9 Å². The van der Waals surface area contributed by atoms with E-state index in [1.807, 2.05) is 58.9 Å². The van der Waals surface area contributed by atoms with Gasteiger partial charge < -0.3 is 20.8 Å². The summed E-state index contributed by atoms with van der Waals surface area (Å²) in [7, 11) is 0. The van der Waals surface area contributed by atoms with Crippen molar-refractivity contribution < 1.29 is 14.0 Å². The van der Waals surface area contributed by atoms with E-state index < -0.39 is 6.04 Å². The first kappa shape index (κ1) is 23.0. The molecule has 0 saturated heterocycles. The highest BCUT2D eigenvalue weighted by molar-refractivity contribution is 5.88. The standard InChI is InChI=1S/C20H29N3O3.ClH/c1-11(2)17(21)20(25)22-10-16(24)23-18(12(3)4)19-13(5)14-8-6-7-9-15(14)26-19;/h6-9,11-12,17-18H,10,21H2,1-5H3,(H,22,25)(H,23,24);1H/t17-,18?;/m0./s1. The van der Waals surface area contributed by atoms with E-state index in [0.29, 0.717) is 0 Å². The normalized spacial score (nSPS) is 13.3. The lowest BCUT2D eigenvalue weighted by Gasteiger charge is -2.22. The number of amides is 2. The van der Waals surface area contributed by atoms with Crippen LogP contribution in [0.1, 0.15) is 45.1 Å². The van der Waals surface area contributed by atoms with Gasteiger partial charge in [-0.2, -0.15) is 0 Å². The van der Waals surface area contributed by atoms with Gasteiger partial charge in [-0.25, -0.2) is 0 Å². The molecule has 0 radical (unpaired) electrons. The summed E-state index contributed by atoms with van der Waals surface area (Å²) in [6.45, 7) is 9.65. The zero-order valence-corrected chi connectivity index (χ0v) is 17.4. The highest BCUT2D eigenvalue weighted by atomic mass is 35.5. The number of carbonyl (C=O) groups excluding carboxylic acids is 2. The molecule has 0 aliphatic heterocycles. The topological polar surface area (TPSA) is 97.4 Å². The summed E-state index contributed by atoms with van der Waals surface area (Å²) in [6, 6.07) is 6.91. The molecule has 150 valence electrons. The molecule has 2 rings (SSSR count). The molecule has 4 N–H and O–H groups in total. The van der Waals surface area contributed by atoms with Crippen LogP contribution in [-0.2, 0) is 9.59 Å². The van der Waals surface area contributed by atoms with Gasteiger partial charge in [-0.05, 0) is 24.8 Å². The summed E-state index contributed by atoms with van der Waals surface area (Å²) in [5.74, 6) is 0.301. The molecule has 1 aromatic heterocycles. The van der Waals surface area contributed by atoms with Crippen molar-refractivity contribution in [3.8, 4) is 0 Å². The minimum Gasteiger partial charge on any atom is -0.459 e. The molecule has 1 aromatic carbocycles. The van der Waals surface area contributed by atoms with Gasteiger partial charge in [0.05, 0.1) is 18.6 Å². The number of para-hydroxylation sites is 1. The summed E-state index contributed by atoms with van der Waals surface area (Å²) in [6.07, 6.45) is 0. The van der Waals surface area contributed by atoms with Crippen molar-refractivity contribution in [1.82, 2.24) is 10.6 Å². The van der Waals surface area contributed by atoms with Crippen LogP contribution in [0.15, 0.2) is 28.7 Å². The Morgan fingerprint density at radius 3 is 2.30 bits per heavy atom. The van der Waals surface area contributed by atoms with E-state index in [4.69, 9.17) is 10.2 Å². The number of furan rings is 1. The molecule has 0 spiro atoms. The molecule has 0 aliphatic rings. The number of nitrogens with two attached hydrogens (primary N) is 1. The lowest BCUT2D eigenvalue weighted by molar-refractivity contribution is -0.127. The van der Waals surface area contributed by atoms with Crippen LogP contribution in [-0.4, -0.2) is 24.4 Å². The lowest BCUT2D eigenvalue weighted by atomic mass is 9.98. The van der Waals surface area contributed by atoms with Gasteiger partial charge in [0.1, 0.15) is 11.3 Å². The summed E-state index contributed by atoms with van der Waals surface area (Å²) in [4.78, 5) is 24.3. The second-order valence-electron chi connectivity index (χ2n) is 7.36. The van der Waals surface area contributed by atoms with E-state index in [-0.39, 0.29) is 48.6 Å². The SMILES string of the molecule is Cc1c(C(NC(=O)CNC(=O)[C@@H](N)C(C)C)C(C)C)oc2ccccc12.Cl. The number of nitrogens with one attached hydrogen (secondary N) is 2. The fourth-order valence-corrected chi connectivity index (χ4v) is 2.84. The molecule has 0 saturated carbocycles. The molecule has 7 heteroatoms. The first-order chi connectivity index (χ1) is 12.2. The van der Waals surface area contributed by atoms with Crippen molar-refractivity contribution >= 4 is 35.2 Å². The van der Waals surface area contributed by atoms with Crippen LogP contribution >= 0.6 is 12.4 Å². The molecule has 1 heterocycles. The maximum atomic E-state index is 12.3. The third-order valence-corrected chi connectivity index (χ3v) is 4.59. The molecule has 2 atom stereocenters. The summed E-state index contributed by atoms with van der Waals surface area (Å²) in [5.41, 5.74) is 7.61. The molecular formula is C20H30ClN3O3. The van der Waals surface area contributed by atoms with Crippen molar-refractivity contribution in [3.63, 3.8) is 0 Å². The van der Waals surface area contributed by atoms with Crippen molar-refractivity contribution in [2.75, 3.05) is 6.54 Å². The maximum absolute atomic E-state index is 12.3. The fraction of sp³-hybridized carbons (Fsp3) is 0.500. The van der Waals surface area contributed by atoms with Gasteiger partial charge in [-0.15, -0.1) is 12.4 Å². The van der Waals surface area contributed by atoms with Crippen LogP contribution in [0.5, 0.6) is 0 Å². The molecule has 6 nitrogen and oxygen atoms in total. The quantitative estimate of drug-likeness (QED) is 0.671. The number of hydrogen-bond donors (Lipinski definition) is 3. The van der Waals surface area contributed by atoms with Gasteiger partial charge in [-0.3, -0.25) is 9.59 Å². The molecule has 2 aromatic rings. The molecule has 0 aliphatic carbocycles. The van der Waals surface area contributed by atoms with E-state index >= 15 is 0 Å². The number of fused-ring (bicyclic) bond motifs is 1. The molecular weight excluding hydrogens is 366 g/mol.